The number of thioether (sulfide) groups is 1. The van der Waals surface area contributed by atoms with Crippen LogP contribution in [0.4, 0.5) is 5.69 Å². The predicted molar refractivity (Wildman–Crippen MR) is 105 cm³/mol. The molecule has 0 aliphatic carbocycles. The van der Waals surface area contributed by atoms with Gasteiger partial charge < -0.3 is 20.5 Å². The van der Waals surface area contributed by atoms with Crippen molar-refractivity contribution in [2.75, 3.05) is 14.2 Å². The van der Waals surface area contributed by atoms with Crippen molar-refractivity contribution < 1.29 is 19.1 Å². The summed E-state index contributed by atoms with van der Waals surface area (Å²) in [5, 5.41) is 2.40. The number of rotatable bonds is 6. The van der Waals surface area contributed by atoms with Crippen LogP contribution in [0.5, 0.6) is 11.5 Å². The number of amidine groups is 1. The number of primary amides is 1. The number of nitrogens with zero attached hydrogens (tertiary/aromatic N) is 1. The van der Waals surface area contributed by atoms with Gasteiger partial charge in [-0.3, -0.25) is 9.59 Å². The first-order chi connectivity index (χ1) is 13.0. The van der Waals surface area contributed by atoms with Gasteiger partial charge >= 0.3 is 0 Å². The van der Waals surface area contributed by atoms with Gasteiger partial charge in [0, 0.05) is 11.6 Å². The van der Waals surface area contributed by atoms with Crippen LogP contribution in [0.25, 0.3) is 0 Å². The normalized spacial score (nSPS) is 18.8. The van der Waals surface area contributed by atoms with Crippen LogP contribution in [0.2, 0.25) is 0 Å². The zero-order chi connectivity index (χ0) is 19.4. The fraction of sp³-hybridized carbons (Fsp3) is 0.211. The number of aliphatic imine (C=N–C) groups is 1. The summed E-state index contributed by atoms with van der Waals surface area (Å²) in [5.74, 6) is -0.809. The second-order valence-electron chi connectivity index (χ2n) is 5.77. The summed E-state index contributed by atoms with van der Waals surface area (Å²) in [4.78, 5) is 29.2. The second-order valence-corrected chi connectivity index (χ2v) is 6.90. The Morgan fingerprint density at radius 1 is 1.19 bits per heavy atom. The third kappa shape index (κ3) is 4.06. The van der Waals surface area contributed by atoms with Crippen molar-refractivity contribution in [2.24, 2.45) is 10.7 Å². The zero-order valence-corrected chi connectivity index (χ0v) is 15.7. The third-order valence-corrected chi connectivity index (χ3v) is 5.26. The lowest BCUT2D eigenvalue weighted by molar-refractivity contribution is -0.124. The molecule has 1 saturated heterocycles. The van der Waals surface area contributed by atoms with Crippen molar-refractivity contribution in [3.05, 3.63) is 54.1 Å². The van der Waals surface area contributed by atoms with E-state index in [2.05, 4.69) is 10.3 Å². The largest absolute Gasteiger partial charge is 0.497 e. The third-order valence-electron chi connectivity index (χ3n) is 4.10. The van der Waals surface area contributed by atoms with Crippen LogP contribution in [-0.4, -0.2) is 36.5 Å². The van der Waals surface area contributed by atoms with E-state index in [1.165, 1.54) is 26.0 Å². The minimum Gasteiger partial charge on any atom is -0.497 e. The van der Waals surface area contributed by atoms with Crippen LogP contribution in [0.3, 0.4) is 0 Å². The molecule has 0 aromatic heterocycles. The lowest BCUT2D eigenvalue weighted by atomic mass is 9.93. The molecule has 0 bridgehead atoms. The van der Waals surface area contributed by atoms with E-state index >= 15 is 0 Å². The molecule has 1 aliphatic rings. The quantitative estimate of drug-likeness (QED) is 0.793. The van der Waals surface area contributed by atoms with Gasteiger partial charge in [0.15, 0.2) is 5.17 Å². The molecule has 2 aromatic rings. The summed E-state index contributed by atoms with van der Waals surface area (Å²) in [7, 11) is 3.02. The standard InChI is InChI=1S/C19H19N3O4S/c1-25-12-8-9-13(14(10-12)26-2)15(17(20)23)16-18(24)22-19(27-16)21-11-6-4-3-5-7-11/h3-10,15-16H,1-2H3,(H2,20,23)(H,21,22,24). The van der Waals surface area contributed by atoms with Crippen molar-refractivity contribution in [2.45, 2.75) is 11.2 Å². The SMILES string of the molecule is COc1ccc(C(C(N)=O)C2SC(=Nc3ccccc3)NC2=O)c(OC)c1. The highest BCUT2D eigenvalue weighted by Crippen LogP contribution is 2.39. The summed E-state index contributed by atoms with van der Waals surface area (Å²) in [5.41, 5.74) is 6.88. The molecule has 1 fully saturated rings. The maximum Gasteiger partial charge on any atom is 0.240 e. The van der Waals surface area contributed by atoms with Crippen molar-refractivity contribution in [3.8, 4) is 11.5 Å². The van der Waals surface area contributed by atoms with E-state index in [1.54, 1.807) is 18.2 Å². The lowest BCUT2D eigenvalue weighted by Gasteiger charge is -2.20. The number of nitrogens with two attached hydrogens (primary N) is 1. The fourth-order valence-electron chi connectivity index (χ4n) is 2.81. The number of carbonyl (C=O) groups excluding carboxylic acids is 2. The molecule has 140 valence electrons. The van der Waals surface area contributed by atoms with Gasteiger partial charge in [-0.1, -0.05) is 36.0 Å². The number of nitrogens with one attached hydrogen (secondary N) is 1. The molecular formula is C19H19N3O4S. The highest BCUT2D eigenvalue weighted by molar-refractivity contribution is 8.15. The van der Waals surface area contributed by atoms with Crippen molar-refractivity contribution >= 4 is 34.4 Å². The molecule has 0 saturated carbocycles. The number of para-hydroxylation sites is 1. The van der Waals surface area contributed by atoms with E-state index in [0.717, 1.165) is 0 Å². The van der Waals surface area contributed by atoms with Gasteiger partial charge in [-0.2, -0.15) is 0 Å². The monoisotopic (exact) mass is 385 g/mol. The first-order valence-electron chi connectivity index (χ1n) is 8.16. The van der Waals surface area contributed by atoms with Crippen LogP contribution in [0, 0.1) is 0 Å². The van der Waals surface area contributed by atoms with E-state index in [4.69, 9.17) is 15.2 Å². The van der Waals surface area contributed by atoms with E-state index < -0.39 is 17.1 Å². The first kappa shape index (κ1) is 18.8. The average molecular weight is 385 g/mol. The van der Waals surface area contributed by atoms with Crippen LogP contribution >= 0.6 is 11.8 Å². The molecule has 27 heavy (non-hydrogen) atoms. The van der Waals surface area contributed by atoms with Crippen molar-refractivity contribution in [1.29, 1.82) is 0 Å². The number of hydrogen-bond acceptors (Lipinski definition) is 6. The Labute approximate surface area is 160 Å². The number of amides is 2. The van der Waals surface area contributed by atoms with Gasteiger partial charge in [0.2, 0.25) is 11.8 Å². The van der Waals surface area contributed by atoms with Gasteiger partial charge in [0.1, 0.15) is 16.7 Å². The molecule has 3 N–H and O–H groups in total. The van der Waals surface area contributed by atoms with Gasteiger partial charge in [0.05, 0.1) is 25.8 Å². The van der Waals surface area contributed by atoms with E-state index in [1.807, 2.05) is 30.3 Å². The van der Waals surface area contributed by atoms with Crippen molar-refractivity contribution in [1.82, 2.24) is 5.32 Å². The topological polar surface area (TPSA) is 103 Å². The highest BCUT2D eigenvalue weighted by Gasteiger charge is 2.41. The number of methoxy groups -OCH3 is 2. The molecule has 8 heteroatoms. The maximum absolute atomic E-state index is 12.5. The molecule has 3 rings (SSSR count). The number of hydrogen-bond donors (Lipinski definition) is 2. The van der Waals surface area contributed by atoms with Gasteiger partial charge in [-0.05, 0) is 18.2 Å². The Kier molecular flexibility index (Phi) is 5.66. The van der Waals surface area contributed by atoms with Crippen LogP contribution in [0.15, 0.2) is 53.5 Å². The second kappa shape index (κ2) is 8.13. The predicted octanol–water partition coefficient (Wildman–Crippen LogP) is 2.19. The van der Waals surface area contributed by atoms with Gasteiger partial charge in [-0.25, -0.2) is 4.99 Å². The average Bonchev–Trinajstić information content (AvgIpc) is 3.02. The summed E-state index contributed by atoms with van der Waals surface area (Å²) in [6, 6.07) is 14.3. The Bertz CT molecular complexity index is 886. The Morgan fingerprint density at radius 3 is 2.56 bits per heavy atom. The van der Waals surface area contributed by atoms with E-state index in [-0.39, 0.29) is 5.91 Å². The Balaban J connectivity index is 1.93. The molecule has 0 spiro atoms. The number of ether oxygens (including phenoxy) is 2. The van der Waals surface area contributed by atoms with Crippen LogP contribution in [0.1, 0.15) is 11.5 Å². The molecule has 2 amide bonds. The Hall–Kier alpha value is -3.00. The molecule has 2 atom stereocenters. The molecule has 2 aromatic carbocycles. The zero-order valence-electron chi connectivity index (χ0n) is 14.8. The number of benzene rings is 2. The fourth-order valence-corrected chi connectivity index (χ4v) is 3.96. The Morgan fingerprint density at radius 2 is 1.93 bits per heavy atom. The maximum atomic E-state index is 12.5. The molecule has 2 unspecified atom stereocenters. The number of carbonyl (C=O) groups is 2. The lowest BCUT2D eigenvalue weighted by Crippen LogP contribution is -2.36. The summed E-state index contributed by atoms with van der Waals surface area (Å²) in [6.45, 7) is 0. The van der Waals surface area contributed by atoms with Crippen LogP contribution < -0.4 is 20.5 Å². The first-order valence-corrected chi connectivity index (χ1v) is 9.04. The summed E-state index contributed by atoms with van der Waals surface area (Å²) >= 11 is 1.18. The van der Waals surface area contributed by atoms with Gasteiger partial charge in [-0.15, -0.1) is 0 Å². The van der Waals surface area contributed by atoms with Crippen LogP contribution in [-0.2, 0) is 9.59 Å². The summed E-state index contributed by atoms with van der Waals surface area (Å²) < 4.78 is 10.6. The molecule has 0 radical (unpaired) electrons. The molecule has 1 heterocycles. The van der Waals surface area contributed by atoms with E-state index in [0.29, 0.717) is 27.9 Å². The highest BCUT2D eigenvalue weighted by atomic mass is 32.2. The van der Waals surface area contributed by atoms with Gasteiger partial charge in [0.25, 0.3) is 0 Å². The molecule has 7 nitrogen and oxygen atoms in total. The van der Waals surface area contributed by atoms with Crippen molar-refractivity contribution in [3.63, 3.8) is 0 Å². The van der Waals surface area contributed by atoms with E-state index in [9.17, 15) is 9.59 Å². The minimum atomic E-state index is -0.876. The summed E-state index contributed by atoms with van der Waals surface area (Å²) in [6.07, 6.45) is 0. The molecular weight excluding hydrogens is 366 g/mol. The molecule has 1 aliphatic heterocycles. The minimum absolute atomic E-state index is 0.323. The smallest absolute Gasteiger partial charge is 0.240 e.